The molecule has 3 fully saturated rings. The van der Waals surface area contributed by atoms with E-state index in [9.17, 15) is 19.2 Å². The van der Waals surface area contributed by atoms with Gasteiger partial charge in [-0.15, -0.1) is 0 Å². The molecule has 6 nitrogen and oxygen atoms in total. The highest BCUT2D eigenvalue weighted by Gasteiger charge is 2.53. The minimum absolute atomic E-state index is 0.101. The monoisotopic (exact) mass is 320 g/mol. The smallest absolute Gasteiger partial charge is 0.324 e. The molecule has 0 spiro atoms. The summed E-state index contributed by atoms with van der Waals surface area (Å²) in [6, 6.07) is 0. The lowest BCUT2D eigenvalue weighted by Gasteiger charge is -2.24. The van der Waals surface area contributed by atoms with Crippen LogP contribution in [-0.4, -0.2) is 23.9 Å². The topological polar surface area (TPSA) is 86.7 Å². The summed E-state index contributed by atoms with van der Waals surface area (Å²) in [5, 5.41) is 0. The van der Waals surface area contributed by atoms with Crippen molar-refractivity contribution < 1.29 is 28.7 Å². The average molecular weight is 320 g/mol. The Hall–Kier alpha value is -1.98. The van der Waals surface area contributed by atoms with E-state index in [0.29, 0.717) is 0 Å². The number of rotatable bonds is 0. The molecular formula is C17H20O6. The molecule has 4 unspecified atom stereocenters. The Bertz CT molecular complexity index is 570. The number of allylic oxidation sites excluding steroid dienone is 1. The van der Waals surface area contributed by atoms with Crippen molar-refractivity contribution in [3.63, 3.8) is 0 Å². The van der Waals surface area contributed by atoms with Crippen LogP contribution in [0.5, 0.6) is 0 Å². The molecular weight excluding hydrogens is 300 g/mol. The molecule has 4 atom stereocenters. The largest absolute Gasteiger partial charge is 0.393 e. The first-order valence-electron chi connectivity index (χ1n) is 8.13. The first-order valence-corrected chi connectivity index (χ1v) is 8.13. The average Bonchev–Trinajstić information content (AvgIpc) is 2.95. The van der Waals surface area contributed by atoms with E-state index in [1.54, 1.807) is 13.0 Å². The van der Waals surface area contributed by atoms with Crippen LogP contribution in [0.3, 0.4) is 0 Å². The van der Waals surface area contributed by atoms with E-state index in [2.05, 4.69) is 9.47 Å². The minimum atomic E-state index is -0.671. The second-order valence-electron chi connectivity index (χ2n) is 6.76. The molecule has 2 aliphatic carbocycles. The maximum Gasteiger partial charge on any atom is 0.324 e. The Balaban J connectivity index is 0.000000136. The predicted molar refractivity (Wildman–Crippen MR) is 77.6 cm³/mol. The van der Waals surface area contributed by atoms with E-state index in [-0.39, 0.29) is 35.7 Å². The highest BCUT2D eigenvalue weighted by Crippen LogP contribution is 2.43. The van der Waals surface area contributed by atoms with Gasteiger partial charge in [0.2, 0.25) is 0 Å². The molecule has 0 N–H and O–H groups in total. The van der Waals surface area contributed by atoms with Gasteiger partial charge < -0.3 is 9.47 Å². The summed E-state index contributed by atoms with van der Waals surface area (Å²) < 4.78 is 9.11. The summed E-state index contributed by atoms with van der Waals surface area (Å²) in [6.45, 7) is 1.76. The van der Waals surface area contributed by atoms with Gasteiger partial charge >= 0.3 is 23.9 Å². The van der Waals surface area contributed by atoms with Crippen LogP contribution in [0, 0.1) is 23.2 Å². The second-order valence-corrected chi connectivity index (χ2v) is 6.76. The Kier molecular flexibility index (Phi) is 4.08. The van der Waals surface area contributed by atoms with Gasteiger partial charge in [-0.3, -0.25) is 19.2 Å². The summed E-state index contributed by atoms with van der Waals surface area (Å²) in [6.07, 6.45) is 9.14. The van der Waals surface area contributed by atoms with Crippen molar-refractivity contribution in [3.05, 3.63) is 12.2 Å². The fourth-order valence-electron chi connectivity index (χ4n) is 3.80. The first-order chi connectivity index (χ1) is 10.9. The normalized spacial score (nSPS) is 38.2. The van der Waals surface area contributed by atoms with Crippen molar-refractivity contribution in [2.75, 3.05) is 0 Å². The summed E-state index contributed by atoms with van der Waals surface area (Å²) >= 11 is 0. The fraction of sp³-hybridized carbons (Fsp3) is 0.647. The van der Waals surface area contributed by atoms with Crippen LogP contribution in [0.25, 0.3) is 0 Å². The van der Waals surface area contributed by atoms with E-state index >= 15 is 0 Å². The molecule has 23 heavy (non-hydrogen) atoms. The number of fused-ring (bicyclic) bond motifs is 2. The van der Waals surface area contributed by atoms with Crippen LogP contribution in [0.4, 0.5) is 0 Å². The van der Waals surface area contributed by atoms with Crippen molar-refractivity contribution in [2.45, 2.75) is 45.4 Å². The van der Waals surface area contributed by atoms with Gasteiger partial charge in [-0.1, -0.05) is 25.0 Å². The maximum atomic E-state index is 11.2. The lowest BCUT2D eigenvalue weighted by molar-refractivity contribution is -0.155. The van der Waals surface area contributed by atoms with Crippen LogP contribution in [0.15, 0.2) is 12.2 Å². The van der Waals surface area contributed by atoms with Crippen molar-refractivity contribution >= 4 is 23.9 Å². The summed E-state index contributed by atoms with van der Waals surface area (Å²) in [5.74, 6) is -1.78. The van der Waals surface area contributed by atoms with Gasteiger partial charge in [-0.05, 0) is 32.6 Å². The number of esters is 4. The molecule has 0 aromatic heterocycles. The zero-order valence-electron chi connectivity index (χ0n) is 13.1. The molecule has 4 aliphatic rings. The van der Waals surface area contributed by atoms with Gasteiger partial charge in [-0.25, -0.2) is 0 Å². The Morgan fingerprint density at radius 3 is 2.09 bits per heavy atom. The van der Waals surface area contributed by atoms with Gasteiger partial charge in [0, 0.05) is 0 Å². The maximum absolute atomic E-state index is 11.2. The number of cyclic esters (lactones) is 4. The molecule has 0 radical (unpaired) electrons. The van der Waals surface area contributed by atoms with Gasteiger partial charge in [0.05, 0.1) is 23.2 Å². The summed E-state index contributed by atoms with van der Waals surface area (Å²) in [7, 11) is 0. The van der Waals surface area contributed by atoms with E-state index in [4.69, 9.17) is 0 Å². The van der Waals surface area contributed by atoms with E-state index < -0.39 is 11.4 Å². The highest BCUT2D eigenvalue weighted by molar-refractivity contribution is 6.00. The Labute approximate surface area is 134 Å². The van der Waals surface area contributed by atoms with Crippen LogP contribution in [0.1, 0.15) is 45.4 Å². The number of carbonyl (C=O) groups is 4. The molecule has 6 heteroatoms. The molecule has 4 rings (SSSR count). The summed E-state index contributed by atoms with van der Waals surface area (Å²) in [4.78, 5) is 44.3. The third kappa shape index (κ3) is 2.71. The lowest BCUT2D eigenvalue weighted by Crippen LogP contribution is -2.30. The molecule has 1 saturated carbocycles. The Morgan fingerprint density at radius 2 is 1.52 bits per heavy atom. The second kappa shape index (κ2) is 5.91. The molecule has 0 amide bonds. The SMILES string of the molecule is CC12C=CCCC1C(=O)OC2=O.O=C1OC(=O)C2CCCCC12. The lowest BCUT2D eigenvalue weighted by atomic mass is 9.73. The third-order valence-corrected chi connectivity index (χ3v) is 5.30. The zero-order valence-corrected chi connectivity index (χ0v) is 13.1. The molecule has 2 heterocycles. The Morgan fingerprint density at radius 1 is 0.913 bits per heavy atom. The van der Waals surface area contributed by atoms with Crippen molar-refractivity contribution in [3.8, 4) is 0 Å². The molecule has 2 aliphatic heterocycles. The van der Waals surface area contributed by atoms with Crippen LogP contribution in [0.2, 0.25) is 0 Å². The van der Waals surface area contributed by atoms with Gasteiger partial charge in [-0.2, -0.15) is 0 Å². The van der Waals surface area contributed by atoms with Gasteiger partial charge in [0.15, 0.2) is 0 Å². The van der Waals surface area contributed by atoms with E-state index in [1.165, 1.54) is 0 Å². The highest BCUT2D eigenvalue weighted by atomic mass is 16.6. The number of ether oxygens (including phenoxy) is 2. The predicted octanol–water partition coefficient (Wildman–Crippen LogP) is 1.92. The quantitative estimate of drug-likeness (QED) is 0.385. The van der Waals surface area contributed by atoms with Crippen molar-refractivity contribution in [2.24, 2.45) is 23.2 Å². The molecule has 2 saturated heterocycles. The number of hydrogen-bond donors (Lipinski definition) is 0. The van der Waals surface area contributed by atoms with Crippen molar-refractivity contribution in [1.29, 1.82) is 0 Å². The number of carbonyl (C=O) groups excluding carboxylic acids is 4. The summed E-state index contributed by atoms with van der Waals surface area (Å²) in [5.41, 5.74) is -0.671. The molecule has 0 aromatic rings. The van der Waals surface area contributed by atoms with Crippen LogP contribution >= 0.6 is 0 Å². The number of hydrogen-bond acceptors (Lipinski definition) is 6. The molecule has 0 bridgehead atoms. The minimum Gasteiger partial charge on any atom is -0.393 e. The molecule has 0 aromatic carbocycles. The van der Waals surface area contributed by atoms with E-state index in [1.807, 2.05) is 6.08 Å². The van der Waals surface area contributed by atoms with Crippen LogP contribution < -0.4 is 0 Å². The first kappa shape index (κ1) is 15.9. The fourth-order valence-corrected chi connectivity index (χ4v) is 3.80. The van der Waals surface area contributed by atoms with Crippen molar-refractivity contribution in [1.82, 2.24) is 0 Å². The third-order valence-electron chi connectivity index (χ3n) is 5.30. The van der Waals surface area contributed by atoms with Gasteiger partial charge in [0.25, 0.3) is 0 Å². The van der Waals surface area contributed by atoms with Crippen LogP contribution in [-0.2, 0) is 28.7 Å². The van der Waals surface area contributed by atoms with Gasteiger partial charge in [0.1, 0.15) is 0 Å². The zero-order chi connectivity index (χ0) is 16.6. The standard InChI is InChI=1S/C9H10O3.C8H10O3/c1-9-5-3-2-4-6(9)7(10)12-8(9)11;9-7-5-3-1-2-4-6(5)8(10)11-7/h3,5-6H,2,4H2,1H3;5-6H,1-4H2. The van der Waals surface area contributed by atoms with E-state index in [0.717, 1.165) is 38.5 Å². The molecule has 124 valence electrons.